The van der Waals surface area contributed by atoms with Crippen LogP contribution < -0.4 is 11.1 Å². The Hall–Kier alpha value is -2.90. The number of benzene rings is 1. The van der Waals surface area contributed by atoms with Crippen LogP contribution in [0.5, 0.6) is 0 Å². The van der Waals surface area contributed by atoms with Crippen LogP contribution in [0.2, 0.25) is 0 Å². The molecule has 1 aromatic rings. The quantitative estimate of drug-likeness (QED) is 0.761. The highest BCUT2D eigenvalue weighted by Gasteiger charge is 2.40. The van der Waals surface area contributed by atoms with Crippen LogP contribution in [0.25, 0.3) is 0 Å². The molecule has 0 aromatic heterocycles. The van der Waals surface area contributed by atoms with Crippen molar-refractivity contribution in [3.63, 3.8) is 0 Å². The smallest absolute Gasteiger partial charge is 0.321 e. The lowest BCUT2D eigenvalue weighted by atomic mass is 9.94. The summed E-state index contributed by atoms with van der Waals surface area (Å²) >= 11 is 0. The Labute approximate surface area is 169 Å². The molecule has 1 saturated carbocycles. The van der Waals surface area contributed by atoms with Crippen molar-refractivity contribution in [3.05, 3.63) is 29.3 Å². The van der Waals surface area contributed by atoms with Gasteiger partial charge in [0.1, 0.15) is 0 Å². The van der Waals surface area contributed by atoms with Gasteiger partial charge in [-0.15, -0.1) is 0 Å². The molecule has 154 valence electrons. The topological polar surface area (TPSA) is 113 Å². The number of nitrogens with one attached hydrogen (secondary N) is 1. The summed E-state index contributed by atoms with van der Waals surface area (Å²) in [7, 11) is 0. The molecule has 29 heavy (non-hydrogen) atoms. The number of carbonyl (C=O) groups is 4. The first-order chi connectivity index (χ1) is 14.0. The SMILES string of the molecule is NC(=O)C1CCN(C(=O)Nc2ccc3c(c2)C(=O)N(C2CCCCC2)C3=O)CC1. The molecule has 0 atom stereocenters. The average molecular weight is 398 g/mol. The number of amides is 5. The minimum atomic E-state index is -0.325. The Balaban J connectivity index is 1.44. The number of nitrogens with zero attached hydrogens (tertiary/aromatic N) is 2. The molecular weight excluding hydrogens is 372 g/mol. The Kier molecular flexibility index (Phi) is 5.25. The Bertz CT molecular complexity index is 854. The molecule has 1 saturated heterocycles. The van der Waals surface area contributed by atoms with Gasteiger partial charge in [0.05, 0.1) is 11.1 Å². The number of likely N-dealkylation sites (tertiary alicyclic amines) is 1. The predicted molar refractivity (Wildman–Crippen MR) is 106 cm³/mol. The molecular formula is C21H26N4O4. The minimum Gasteiger partial charge on any atom is -0.369 e. The second-order valence-electron chi connectivity index (χ2n) is 8.13. The fourth-order valence-electron chi connectivity index (χ4n) is 4.58. The normalized spacial score (nSPS) is 20.7. The standard InChI is InChI=1S/C21H26N4O4/c22-18(26)13-8-10-24(11-9-13)21(29)23-14-6-7-16-17(12-14)20(28)25(19(16)27)15-4-2-1-3-5-15/h6-7,12-13,15H,1-5,8-11H2,(H2,22,26)(H,23,29). The average Bonchev–Trinajstić information content (AvgIpc) is 2.98. The van der Waals surface area contributed by atoms with Crippen LogP contribution in [0.3, 0.4) is 0 Å². The summed E-state index contributed by atoms with van der Waals surface area (Å²) < 4.78 is 0. The molecule has 0 unspecified atom stereocenters. The minimum absolute atomic E-state index is 0.0271. The number of primary amides is 1. The van der Waals surface area contributed by atoms with Crippen molar-refractivity contribution in [3.8, 4) is 0 Å². The highest BCUT2D eigenvalue weighted by Crippen LogP contribution is 2.32. The highest BCUT2D eigenvalue weighted by atomic mass is 16.2. The molecule has 1 aromatic carbocycles. The van der Waals surface area contributed by atoms with Crippen molar-refractivity contribution < 1.29 is 19.2 Å². The van der Waals surface area contributed by atoms with E-state index in [-0.39, 0.29) is 35.7 Å². The van der Waals surface area contributed by atoms with Crippen molar-refractivity contribution >= 4 is 29.4 Å². The Morgan fingerprint density at radius 3 is 2.24 bits per heavy atom. The maximum atomic E-state index is 12.9. The van der Waals surface area contributed by atoms with E-state index in [4.69, 9.17) is 5.73 Å². The number of carbonyl (C=O) groups excluding carboxylic acids is 4. The van der Waals surface area contributed by atoms with Gasteiger partial charge in [-0.3, -0.25) is 19.3 Å². The third-order valence-electron chi connectivity index (χ3n) is 6.29. The fourth-order valence-corrected chi connectivity index (χ4v) is 4.58. The summed E-state index contributed by atoms with van der Waals surface area (Å²) in [5.41, 5.74) is 6.57. The summed E-state index contributed by atoms with van der Waals surface area (Å²) in [5, 5.41) is 2.80. The zero-order chi connectivity index (χ0) is 20.5. The Morgan fingerprint density at radius 1 is 0.931 bits per heavy atom. The van der Waals surface area contributed by atoms with Crippen molar-refractivity contribution in [2.75, 3.05) is 18.4 Å². The van der Waals surface area contributed by atoms with Crippen LogP contribution in [-0.4, -0.2) is 52.7 Å². The lowest BCUT2D eigenvalue weighted by Gasteiger charge is -2.30. The third-order valence-corrected chi connectivity index (χ3v) is 6.29. The van der Waals surface area contributed by atoms with Crippen LogP contribution in [0.1, 0.15) is 65.7 Å². The maximum Gasteiger partial charge on any atom is 0.321 e. The molecule has 3 N–H and O–H groups in total. The molecule has 8 heteroatoms. The number of fused-ring (bicyclic) bond motifs is 1. The lowest BCUT2D eigenvalue weighted by Crippen LogP contribution is -2.43. The summed E-state index contributed by atoms with van der Waals surface area (Å²) in [6.45, 7) is 0.911. The van der Waals surface area contributed by atoms with E-state index < -0.39 is 0 Å². The van der Waals surface area contributed by atoms with Gasteiger partial charge in [0.25, 0.3) is 11.8 Å². The van der Waals surface area contributed by atoms with E-state index in [1.165, 1.54) is 4.90 Å². The van der Waals surface area contributed by atoms with Crippen molar-refractivity contribution in [1.82, 2.24) is 9.80 Å². The van der Waals surface area contributed by atoms with Gasteiger partial charge in [0.2, 0.25) is 5.91 Å². The zero-order valence-electron chi connectivity index (χ0n) is 16.4. The summed E-state index contributed by atoms with van der Waals surface area (Å²) in [5.74, 6) is -1.01. The second-order valence-corrected chi connectivity index (χ2v) is 8.13. The van der Waals surface area contributed by atoms with Crippen molar-refractivity contribution in [2.45, 2.75) is 51.0 Å². The zero-order valence-corrected chi connectivity index (χ0v) is 16.4. The van der Waals surface area contributed by atoms with Gasteiger partial charge >= 0.3 is 6.03 Å². The largest absolute Gasteiger partial charge is 0.369 e. The fraction of sp³-hybridized carbons (Fsp3) is 0.524. The molecule has 0 radical (unpaired) electrons. The summed E-state index contributed by atoms with van der Waals surface area (Å²) in [4.78, 5) is 52.5. The van der Waals surface area contributed by atoms with E-state index in [9.17, 15) is 19.2 Å². The number of hydrogen-bond donors (Lipinski definition) is 2. The predicted octanol–water partition coefficient (Wildman–Crippen LogP) is 2.34. The molecule has 3 aliphatic rings. The number of hydrogen-bond acceptors (Lipinski definition) is 4. The number of rotatable bonds is 3. The van der Waals surface area contributed by atoms with Gasteiger partial charge in [-0.25, -0.2) is 4.79 Å². The number of nitrogens with two attached hydrogens (primary N) is 1. The first kappa shape index (κ1) is 19.4. The number of anilines is 1. The van der Waals surface area contributed by atoms with E-state index in [1.807, 2.05) is 0 Å². The number of piperidine rings is 1. The third kappa shape index (κ3) is 3.71. The van der Waals surface area contributed by atoms with Crippen molar-refractivity contribution in [2.24, 2.45) is 11.7 Å². The maximum absolute atomic E-state index is 12.9. The van der Waals surface area contributed by atoms with Gasteiger partial charge in [-0.2, -0.15) is 0 Å². The summed E-state index contributed by atoms with van der Waals surface area (Å²) in [6.07, 6.45) is 6.03. The molecule has 0 spiro atoms. The first-order valence-corrected chi connectivity index (χ1v) is 10.3. The molecule has 2 heterocycles. The molecule has 2 fully saturated rings. The van der Waals surface area contributed by atoms with E-state index in [1.54, 1.807) is 23.1 Å². The van der Waals surface area contributed by atoms with E-state index in [0.717, 1.165) is 32.1 Å². The van der Waals surface area contributed by atoms with Gasteiger partial charge in [-0.05, 0) is 43.9 Å². The van der Waals surface area contributed by atoms with Crippen LogP contribution in [-0.2, 0) is 4.79 Å². The van der Waals surface area contributed by atoms with Gasteiger partial charge < -0.3 is 16.0 Å². The van der Waals surface area contributed by atoms with Gasteiger partial charge in [0, 0.05) is 30.7 Å². The van der Waals surface area contributed by atoms with Crippen LogP contribution in [0.15, 0.2) is 18.2 Å². The van der Waals surface area contributed by atoms with Crippen LogP contribution in [0, 0.1) is 5.92 Å². The Morgan fingerprint density at radius 2 is 1.59 bits per heavy atom. The monoisotopic (exact) mass is 398 g/mol. The van der Waals surface area contributed by atoms with E-state index in [2.05, 4.69) is 5.32 Å². The molecule has 2 aliphatic heterocycles. The van der Waals surface area contributed by atoms with Gasteiger partial charge in [-0.1, -0.05) is 19.3 Å². The number of imide groups is 1. The van der Waals surface area contributed by atoms with Crippen molar-refractivity contribution in [1.29, 1.82) is 0 Å². The molecule has 5 amide bonds. The van der Waals surface area contributed by atoms with E-state index in [0.29, 0.717) is 42.7 Å². The lowest BCUT2D eigenvalue weighted by molar-refractivity contribution is -0.122. The molecule has 1 aliphatic carbocycles. The second kappa shape index (κ2) is 7.85. The van der Waals surface area contributed by atoms with Crippen LogP contribution >= 0.6 is 0 Å². The van der Waals surface area contributed by atoms with E-state index >= 15 is 0 Å². The first-order valence-electron chi connectivity index (χ1n) is 10.3. The van der Waals surface area contributed by atoms with Crippen LogP contribution in [0.4, 0.5) is 10.5 Å². The van der Waals surface area contributed by atoms with Gasteiger partial charge in [0.15, 0.2) is 0 Å². The summed E-state index contributed by atoms with van der Waals surface area (Å²) in [6, 6.07) is 4.55. The highest BCUT2D eigenvalue weighted by molar-refractivity contribution is 6.22. The number of urea groups is 1. The molecule has 8 nitrogen and oxygen atoms in total. The molecule has 4 rings (SSSR count). The molecule has 0 bridgehead atoms.